The van der Waals surface area contributed by atoms with Crippen LogP contribution in [-0.4, -0.2) is 122 Å². The van der Waals surface area contributed by atoms with Gasteiger partial charge in [-0.05, 0) is 43.9 Å². The van der Waals surface area contributed by atoms with Crippen LogP contribution < -0.4 is 4.90 Å². The second-order valence-corrected chi connectivity index (χ2v) is 17.3. The van der Waals surface area contributed by atoms with Gasteiger partial charge in [-0.1, -0.05) is 39.8 Å². The molecular formula is C40H54N2O11. The number of carbonyl (C=O) groups is 4. The Hall–Kier alpha value is -2.94. The third-order valence-corrected chi connectivity index (χ3v) is 15.0. The number of esters is 2. The number of carbonyl (C=O) groups excluding carboxylic acids is 4. The van der Waals surface area contributed by atoms with Crippen molar-refractivity contribution in [3.63, 3.8) is 0 Å². The normalized spacial score (nSPS) is 45.2. The van der Waals surface area contributed by atoms with Crippen LogP contribution in [0.1, 0.15) is 70.2 Å². The van der Waals surface area contributed by atoms with Crippen molar-refractivity contribution < 1.29 is 53.1 Å². The maximum absolute atomic E-state index is 14.1. The number of likely N-dealkylation sites (tertiary alicyclic amines) is 1. The summed E-state index contributed by atoms with van der Waals surface area (Å²) in [5.74, 6) is -4.07. The van der Waals surface area contributed by atoms with Crippen LogP contribution in [-0.2, 0) is 38.1 Å². The van der Waals surface area contributed by atoms with E-state index in [1.54, 1.807) is 66.4 Å². The molecule has 1 aromatic rings. The number of imide groups is 1. The van der Waals surface area contributed by atoms with Crippen LogP contribution in [0.25, 0.3) is 0 Å². The molecule has 2 amide bonds. The number of amides is 2. The van der Waals surface area contributed by atoms with Crippen LogP contribution >= 0.6 is 0 Å². The Balaban J connectivity index is 1.24. The summed E-state index contributed by atoms with van der Waals surface area (Å²) in [5.41, 5.74) is -4.76. The fraction of sp³-hybridized carbons (Fsp3) is 0.750. The van der Waals surface area contributed by atoms with E-state index in [2.05, 4.69) is 4.90 Å². The van der Waals surface area contributed by atoms with Crippen molar-refractivity contribution in [2.24, 2.45) is 46.3 Å². The standard InChI is InChI=1S/C40H54N2O11/c1-8-41-18-37(19-52-35(46)22-11-9-10-12-25(22)42-28(43)15-21(4)33(42)44)14-13-27(50-6)39-24-16-23-26(49-5)17-38(47,29(24)30(23)53-34(45)20(2)3)40(48,36(39)41)32(51-7)31(37)39/h9-12,20-21,23-24,26-27,29-32,36,47-48H,8,13-19H2,1-7H3/t21?,23-,24?,26+,27+,29?,30+,31?,32+,36-,37+,38-,39+,40+/m1/s1. The monoisotopic (exact) mass is 738 g/mol. The molecule has 13 heteroatoms. The molecule has 53 heavy (non-hydrogen) atoms. The first-order valence-electron chi connectivity index (χ1n) is 19.3. The van der Waals surface area contributed by atoms with Crippen LogP contribution in [0.5, 0.6) is 0 Å². The highest BCUT2D eigenvalue weighted by Gasteiger charge is 2.92. The molecular weight excluding hydrogens is 684 g/mol. The number of methoxy groups -OCH3 is 3. The Labute approximate surface area is 310 Å². The zero-order valence-corrected chi connectivity index (χ0v) is 31.8. The van der Waals surface area contributed by atoms with Crippen molar-refractivity contribution in [1.29, 1.82) is 0 Å². The molecule has 0 aromatic heterocycles. The summed E-state index contributed by atoms with van der Waals surface area (Å²) >= 11 is 0. The van der Waals surface area contributed by atoms with Crippen molar-refractivity contribution in [2.45, 2.75) is 101 Å². The summed E-state index contributed by atoms with van der Waals surface area (Å²) in [5, 5.41) is 27.0. The number of hydrogen-bond acceptors (Lipinski definition) is 12. The van der Waals surface area contributed by atoms with Crippen molar-refractivity contribution in [3.8, 4) is 0 Å². The SMILES string of the molecule is CCN1C[C@]2(COC(=O)c3ccccc3N3C(=O)CC(C)C3=O)CC[C@H](OC)[C@]34C5C[C@@H]6[C@@H](OC)C[C@@](O)(C5[C@H]6OC(=O)C(C)C)[C@@](O)([C@H]13)[C@@H](OC)C24. The Morgan fingerprint density at radius 1 is 1.06 bits per heavy atom. The van der Waals surface area contributed by atoms with E-state index in [1.807, 2.05) is 6.92 Å². The molecule has 290 valence electrons. The third-order valence-electron chi connectivity index (χ3n) is 15.0. The van der Waals surface area contributed by atoms with Crippen molar-refractivity contribution in [3.05, 3.63) is 29.8 Å². The molecule has 14 atom stereocenters. The van der Waals surface area contributed by atoms with Gasteiger partial charge in [0, 0.05) is 75.2 Å². The van der Waals surface area contributed by atoms with E-state index in [-0.39, 0.29) is 72.3 Å². The lowest BCUT2D eigenvalue weighted by atomic mass is 9.42. The quantitative estimate of drug-likeness (QED) is 0.267. The first kappa shape index (κ1) is 37.0. The topological polar surface area (TPSA) is 161 Å². The van der Waals surface area contributed by atoms with E-state index in [4.69, 9.17) is 23.7 Å². The molecule has 7 bridgehead atoms. The highest BCUT2D eigenvalue weighted by Crippen LogP contribution is 2.80. The van der Waals surface area contributed by atoms with E-state index in [0.29, 0.717) is 32.4 Å². The first-order valence-corrected chi connectivity index (χ1v) is 19.3. The van der Waals surface area contributed by atoms with Crippen LogP contribution in [0.2, 0.25) is 0 Å². The molecule has 7 aliphatic rings. The molecule has 1 spiro atoms. The van der Waals surface area contributed by atoms with E-state index >= 15 is 0 Å². The predicted octanol–water partition coefficient (Wildman–Crippen LogP) is 2.59. The zero-order chi connectivity index (χ0) is 38.0. The van der Waals surface area contributed by atoms with Crippen LogP contribution in [0.4, 0.5) is 5.69 Å². The predicted molar refractivity (Wildman–Crippen MR) is 188 cm³/mol. The number of fused-ring (bicyclic) bond motifs is 2. The smallest absolute Gasteiger partial charge is 0.340 e. The molecule has 13 nitrogen and oxygen atoms in total. The van der Waals surface area contributed by atoms with Crippen LogP contribution in [0.15, 0.2) is 24.3 Å². The summed E-state index contributed by atoms with van der Waals surface area (Å²) in [4.78, 5) is 56.7. The van der Waals surface area contributed by atoms with Gasteiger partial charge in [-0.3, -0.25) is 19.3 Å². The molecule has 2 aliphatic heterocycles. The number of rotatable bonds is 10. The fourth-order valence-electron chi connectivity index (χ4n) is 13.3. The van der Waals surface area contributed by atoms with Crippen LogP contribution in [0, 0.1) is 46.3 Å². The van der Waals surface area contributed by atoms with E-state index in [9.17, 15) is 29.4 Å². The zero-order valence-electron chi connectivity index (χ0n) is 31.8. The molecule has 2 saturated heterocycles. The number of ether oxygens (including phenoxy) is 5. The van der Waals surface area contributed by atoms with Gasteiger partial charge in [-0.2, -0.15) is 0 Å². The number of aliphatic hydroxyl groups is 2. The van der Waals surface area contributed by atoms with Crippen molar-refractivity contribution in [1.82, 2.24) is 4.90 Å². The molecule has 1 aromatic carbocycles. The van der Waals surface area contributed by atoms with Gasteiger partial charge in [-0.15, -0.1) is 0 Å². The summed E-state index contributed by atoms with van der Waals surface area (Å²) in [7, 11) is 4.88. The van der Waals surface area contributed by atoms with E-state index < -0.39 is 70.1 Å². The maximum Gasteiger partial charge on any atom is 0.340 e. The first-order chi connectivity index (χ1) is 25.2. The summed E-state index contributed by atoms with van der Waals surface area (Å²) in [6.45, 7) is 8.30. The molecule has 2 N–H and O–H groups in total. The van der Waals surface area contributed by atoms with Gasteiger partial charge >= 0.3 is 11.9 Å². The molecule has 8 rings (SSSR count). The number of piperidine rings is 1. The molecule has 5 aliphatic carbocycles. The lowest BCUT2D eigenvalue weighted by Crippen LogP contribution is -2.82. The number of likely N-dealkylation sites (N-methyl/N-ethyl adjacent to an activating group) is 1. The van der Waals surface area contributed by atoms with Gasteiger partial charge in [0.25, 0.3) is 0 Å². The second kappa shape index (κ2) is 12.5. The highest BCUT2D eigenvalue weighted by molar-refractivity contribution is 6.22. The van der Waals surface area contributed by atoms with Crippen molar-refractivity contribution in [2.75, 3.05) is 45.9 Å². The van der Waals surface area contributed by atoms with Crippen molar-refractivity contribution >= 4 is 29.4 Å². The molecule has 7 fully saturated rings. The van der Waals surface area contributed by atoms with Gasteiger partial charge in [0.15, 0.2) is 0 Å². The minimum atomic E-state index is -1.83. The molecule has 4 unspecified atom stereocenters. The number of para-hydroxylation sites is 1. The number of anilines is 1. The number of nitrogens with zero attached hydrogens (tertiary/aromatic N) is 2. The summed E-state index contributed by atoms with van der Waals surface area (Å²) in [6, 6.07) is 5.96. The highest BCUT2D eigenvalue weighted by atomic mass is 16.6. The number of benzene rings is 1. The average Bonchev–Trinajstić information content (AvgIpc) is 3.65. The summed E-state index contributed by atoms with van der Waals surface area (Å²) < 4.78 is 31.6. The summed E-state index contributed by atoms with van der Waals surface area (Å²) in [6.07, 6.45) is -0.344. The second-order valence-electron chi connectivity index (χ2n) is 17.3. The minimum absolute atomic E-state index is 0.0216. The maximum atomic E-state index is 14.1. The lowest BCUT2D eigenvalue weighted by Gasteiger charge is -2.70. The molecule has 2 heterocycles. The Morgan fingerprint density at radius 3 is 2.42 bits per heavy atom. The van der Waals surface area contributed by atoms with E-state index in [0.717, 1.165) is 4.90 Å². The average molecular weight is 739 g/mol. The Morgan fingerprint density at radius 2 is 1.79 bits per heavy atom. The Bertz CT molecular complexity index is 1700. The van der Waals surface area contributed by atoms with Gasteiger partial charge in [-0.25, -0.2) is 9.69 Å². The Kier molecular flexibility index (Phi) is 8.76. The fourth-order valence-corrected chi connectivity index (χ4v) is 13.3. The van der Waals surface area contributed by atoms with Gasteiger partial charge < -0.3 is 33.9 Å². The van der Waals surface area contributed by atoms with Gasteiger partial charge in [0.1, 0.15) is 17.3 Å². The number of hydrogen-bond donors (Lipinski definition) is 2. The van der Waals surface area contributed by atoms with Crippen LogP contribution in [0.3, 0.4) is 0 Å². The lowest BCUT2D eigenvalue weighted by molar-refractivity contribution is -0.319. The largest absolute Gasteiger partial charge is 0.461 e. The molecule has 0 radical (unpaired) electrons. The molecule has 5 saturated carbocycles. The van der Waals surface area contributed by atoms with Gasteiger partial charge in [0.05, 0.1) is 48.1 Å². The van der Waals surface area contributed by atoms with Gasteiger partial charge in [0.2, 0.25) is 11.8 Å². The minimum Gasteiger partial charge on any atom is -0.461 e. The third kappa shape index (κ3) is 4.52. The van der Waals surface area contributed by atoms with E-state index in [1.165, 1.54) is 0 Å².